The molecule has 0 aromatic carbocycles. The minimum atomic E-state index is -1.02. The third kappa shape index (κ3) is 2.87. The van der Waals surface area contributed by atoms with Crippen molar-refractivity contribution in [2.75, 3.05) is 13.2 Å². The van der Waals surface area contributed by atoms with Crippen LogP contribution in [-0.2, 0) is 4.79 Å². The smallest absolute Gasteiger partial charge is 0.159 e. The lowest BCUT2D eigenvalue weighted by atomic mass is 9.24. The number of aliphatic hydroxyl groups is 5. The Morgan fingerprint density at radius 3 is 2.40 bits per heavy atom. The van der Waals surface area contributed by atoms with Gasteiger partial charge in [-0.05, 0) is 124 Å². The predicted molar refractivity (Wildman–Crippen MR) is 158 cm³/mol. The summed E-state index contributed by atoms with van der Waals surface area (Å²) in [6, 6.07) is 0. The Morgan fingerprint density at radius 1 is 0.881 bits per heavy atom. The first-order chi connectivity index (χ1) is 20.0. The average molecular weight is 583 g/mol. The third-order valence-electron chi connectivity index (χ3n) is 16.9. The molecule has 7 saturated carbocycles. The van der Waals surface area contributed by atoms with E-state index in [2.05, 4.69) is 13.0 Å². The zero-order valence-electron chi connectivity index (χ0n) is 25.9. The van der Waals surface area contributed by atoms with Gasteiger partial charge >= 0.3 is 0 Å². The summed E-state index contributed by atoms with van der Waals surface area (Å²) < 4.78 is 0. The Hall–Kier alpha value is -0.790. The van der Waals surface area contributed by atoms with Crippen LogP contribution in [0.4, 0.5) is 0 Å². The standard InChI is InChI=1S/C36H54O6/c1-30-11-5-22-6-13-34-18-27(41)35(21-38,16-15-30)36(22,20-30)25(34)17-23(39)29-32-9-3-4-10-33(29,34)14-7-24(32)31(2,28(42)19-37)26(40)8-12-32/h17,22,24,26-29,37-38,40-42H,3-16,18-21H2,1-2H3/t22-,24+,26-,27-,28+,29+,30-,31-,32-,33+,34+,35+,36+/m0/s1. The molecule has 7 fully saturated rings. The first kappa shape index (κ1) is 28.7. The summed E-state index contributed by atoms with van der Waals surface area (Å²) in [7, 11) is 0. The van der Waals surface area contributed by atoms with Gasteiger partial charge in [0.05, 0.1) is 31.5 Å². The third-order valence-corrected chi connectivity index (χ3v) is 16.9. The molecule has 13 atom stereocenters. The molecule has 0 amide bonds. The molecule has 5 bridgehead atoms. The minimum Gasteiger partial charge on any atom is -0.396 e. The number of fused-ring (bicyclic) bond motifs is 1. The number of ketones is 1. The van der Waals surface area contributed by atoms with Crippen LogP contribution in [0.1, 0.15) is 117 Å². The Bertz CT molecular complexity index is 1210. The summed E-state index contributed by atoms with van der Waals surface area (Å²) in [4.78, 5) is 15.1. The van der Waals surface area contributed by atoms with Gasteiger partial charge in [-0.25, -0.2) is 0 Å². The first-order valence-corrected chi connectivity index (χ1v) is 17.5. The van der Waals surface area contributed by atoms with E-state index in [0.717, 1.165) is 83.5 Å². The van der Waals surface area contributed by atoms with Crippen LogP contribution in [0.5, 0.6) is 0 Å². The van der Waals surface area contributed by atoms with E-state index in [1.807, 2.05) is 6.92 Å². The lowest BCUT2D eigenvalue weighted by molar-refractivity contribution is -0.282. The largest absolute Gasteiger partial charge is 0.396 e. The number of carbonyl (C=O) groups excluding carboxylic acids is 1. The molecule has 0 aromatic rings. The highest BCUT2D eigenvalue weighted by Gasteiger charge is 2.81. The highest BCUT2D eigenvalue weighted by molar-refractivity contribution is 5.96. The Balaban J connectivity index is 1.37. The maximum Gasteiger partial charge on any atom is 0.159 e. The molecule has 0 heterocycles. The Kier molecular flexibility index (Phi) is 5.95. The molecule has 0 aromatic heterocycles. The van der Waals surface area contributed by atoms with E-state index in [0.29, 0.717) is 18.8 Å². The SMILES string of the molecule is C[C@]12CC[C@H]3CC[C@@]45C[C@H](O)[C@](CO)(CC1)[C@@]3(C2)C4=CC(=O)[C@@H]1[C@]23CCCC[C@@]15CC[C@@H]2[C@](C)([C@H](O)CO)[C@@H](O)CC3. The molecule has 6 heteroatoms. The van der Waals surface area contributed by atoms with Gasteiger partial charge < -0.3 is 25.5 Å². The van der Waals surface area contributed by atoms with Gasteiger partial charge in [0.25, 0.3) is 0 Å². The van der Waals surface area contributed by atoms with Crippen LogP contribution in [0.15, 0.2) is 11.6 Å². The van der Waals surface area contributed by atoms with Gasteiger partial charge in [-0.15, -0.1) is 0 Å². The van der Waals surface area contributed by atoms with Crippen molar-refractivity contribution in [1.29, 1.82) is 0 Å². The second-order valence-corrected chi connectivity index (χ2v) is 17.5. The molecule has 42 heavy (non-hydrogen) atoms. The predicted octanol–water partition coefficient (Wildman–Crippen LogP) is 4.69. The maximum atomic E-state index is 15.1. The Labute approximate surface area is 251 Å². The van der Waals surface area contributed by atoms with E-state index >= 15 is 4.79 Å². The van der Waals surface area contributed by atoms with Gasteiger partial charge in [0, 0.05) is 27.6 Å². The molecule has 8 rings (SSSR count). The van der Waals surface area contributed by atoms with Gasteiger partial charge in [-0.1, -0.05) is 32.3 Å². The molecule has 2 spiro atoms. The molecule has 0 radical (unpaired) electrons. The van der Waals surface area contributed by atoms with Crippen molar-refractivity contribution in [2.24, 2.45) is 55.7 Å². The van der Waals surface area contributed by atoms with E-state index in [-0.39, 0.29) is 57.9 Å². The number of carbonyl (C=O) groups is 1. The second-order valence-electron chi connectivity index (χ2n) is 17.5. The van der Waals surface area contributed by atoms with Crippen LogP contribution in [-0.4, -0.2) is 62.8 Å². The maximum absolute atomic E-state index is 15.1. The fraction of sp³-hybridized carbons (Fsp3) is 0.917. The number of hydrogen-bond acceptors (Lipinski definition) is 6. The van der Waals surface area contributed by atoms with Crippen LogP contribution >= 0.6 is 0 Å². The zero-order valence-corrected chi connectivity index (χ0v) is 25.9. The minimum absolute atomic E-state index is 0.0000879. The quantitative estimate of drug-likeness (QED) is 0.330. The van der Waals surface area contributed by atoms with Gasteiger partial charge in [0.2, 0.25) is 0 Å². The van der Waals surface area contributed by atoms with Crippen molar-refractivity contribution in [3.05, 3.63) is 11.6 Å². The van der Waals surface area contributed by atoms with Crippen LogP contribution in [0.2, 0.25) is 0 Å². The number of allylic oxidation sites excluding steroid dienone is 2. The molecule has 5 N–H and O–H groups in total. The van der Waals surface area contributed by atoms with Crippen molar-refractivity contribution in [3.63, 3.8) is 0 Å². The summed E-state index contributed by atoms with van der Waals surface area (Å²) >= 11 is 0. The molecule has 0 saturated heterocycles. The van der Waals surface area contributed by atoms with E-state index in [4.69, 9.17) is 0 Å². The first-order valence-electron chi connectivity index (χ1n) is 17.5. The fourth-order valence-electron chi connectivity index (χ4n) is 15.3. The molecule has 0 unspecified atom stereocenters. The van der Waals surface area contributed by atoms with Gasteiger partial charge in [0.15, 0.2) is 5.78 Å². The van der Waals surface area contributed by atoms with Crippen molar-refractivity contribution < 1.29 is 30.3 Å². The summed E-state index contributed by atoms with van der Waals surface area (Å²) in [5, 5.41) is 56.5. The lowest BCUT2D eigenvalue weighted by Gasteiger charge is -2.79. The average Bonchev–Trinajstić information content (AvgIpc) is 3.08. The Morgan fingerprint density at radius 2 is 1.64 bits per heavy atom. The van der Waals surface area contributed by atoms with Gasteiger partial charge in [0.1, 0.15) is 0 Å². The van der Waals surface area contributed by atoms with E-state index in [1.54, 1.807) is 0 Å². The highest BCUT2D eigenvalue weighted by atomic mass is 16.3. The fourth-order valence-corrected chi connectivity index (χ4v) is 15.3. The number of rotatable bonds is 3. The molecular weight excluding hydrogens is 528 g/mol. The molecule has 8 aliphatic rings. The normalized spacial score (nSPS) is 58.5. The molecular formula is C36H54O6. The number of hydrogen-bond donors (Lipinski definition) is 5. The molecule has 0 aliphatic heterocycles. The van der Waals surface area contributed by atoms with Crippen LogP contribution in [0, 0.1) is 55.7 Å². The van der Waals surface area contributed by atoms with E-state index in [1.165, 1.54) is 12.0 Å². The summed E-state index contributed by atoms with van der Waals surface area (Å²) in [6.07, 6.45) is 15.0. The van der Waals surface area contributed by atoms with Crippen LogP contribution in [0.3, 0.4) is 0 Å². The zero-order chi connectivity index (χ0) is 29.6. The topological polar surface area (TPSA) is 118 Å². The van der Waals surface area contributed by atoms with E-state index < -0.39 is 29.1 Å². The molecule has 234 valence electrons. The van der Waals surface area contributed by atoms with Gasteiger partial charge in [-0.2, -0.15) is 0 Å². The molecule has 6 nitrogen and oxygen atoms in total. The molecule has 8 aliphatic carbocycles. The van der Waals surface area contributed by atoms with Crippen molar-refractivity contribution in [2.45, 2.75) is 135 Å². The van der Waals surface area contributed by atoms with Crippen molar-refractivity contribution in [1.82, 2.24) is 0 Å². The van der Waals surface area contributed by atoms with E-state index in [9.17, 15) is 25.5 Å². The van der Waals surface area contributed by atoms with Crippen LogP contribution < -0.4 is 0 Å². The van der Waals surface area contributed by atoms with Crippen molar-refractivity contribution >= 4 is 5.78 Å². The van der Waals surface area contributed by atoms with Crippen molar-refractivity contribution in [3.8, 4) is 0 Å². The van der Waals surface area contributed by atoms with Gasteiger partial charge in [-0.3, -0.25) is 4.79 Å². The lowest BCUT2D eigenvalue weighted by Crippen LogP contribution is -2.76. The second kappa shape index (κ2) is 8.72. The summed E-state index contributed by atoms with van der Waals surface area (Å²) in [6.45, 7) is 4.02. The van der Waals surface area contributed by atoms with Crippen LogP contribution in [0.25, 0.3) is 0 Å². The summed E-state index contributed by atoms with van der Waals surface area (Å²) in [5.74, 6) is 0.472. The summed E-state index contributed by atoms with van der Waals surface area (Å²) in [5.41, 5.74) is -0.962. The monoisotopic (exact) mass is 582 g/mol. The number of aliphatic hydroxyl groups excluding tert-OH is 5. The highest BCUT2D eigenvalue weighted by Crippen LogP contribution is 2.85.